The summed E-state index contributed by atoms with van der Waals surface area (Å²) in [6.45, 7) is 1.24. The van der Waals surface area contributed by atoms with E-state index >= 15 is 0 Å². The number of benzene rings is 3. The molecule has 0 bridgehead atoms. The second-order valence-corrected chi connectivity index (χ2v) is 8.39. The van der Waals surface area contributed by atoms with Crippen LogP contribution in [0.2, 0.25) is 5.02 Å². The number of imidazole rings is 1. The summed E-state index contributed by atoms with van der Waals surface area (Å²) < 4.78 is 17.6. The highest BCUT2D eigenvalue weighted by molar-refractivity contribution is 6.34. The number of hydrogen-bond donors (Lipinski definition) is 1. The Kier molecular flexibility index (Phi) is 4.68. The van der Waals surface area contributed by atoms with Crippen LogP contribution in [0, 0.1) is 0 Å². The summed E-state index contributed by atoms with van der Waals surface area (Å²) in [5, 5.41) is 0.665. The Balaban J connectivity index is 1.28. The number of aromatic nitrogens is 2. The Morgan fingerprint density at radius 3 is 2.55 bits per heavy atom. The summed E-state index contributed by atoms with van der Waals surface area (Å²) in [5.41, 5.74) is 5.99. The third-order valence-electron chi connectivity index (χ3n) is 6.04. The molecule has 3 heterocycles. The lowest BCUT2D eigenvalue weighted by atomic mass is 10.00. The van der Waals surface area contributed by atoms with Gasteiger partial charge >= 0.3 is 0 Å². The first-order valence-electron chi connectivity index (χ1n) is 10.5. The van der Waals surface area contributed by atoms with Crippen LogP contribution in [-0.4, -0.2) is 41.5 Å². The van der Waals surface area contributed by atoms with E-state index in [-0.39, 0.29) is 18.3 Å². The lowest BCUT2D eigenvalue weighted by Gasteiger charge is -2.15. The minimum Gasteiger partial charge on any atom is -0.456 e. The number of nitrogens with zero attached hydrogens (tertiary/aromatic N) is 1. The van der Waals surface area contributed by atoms with Gasteiger partial charge in [0.2, 0.25) is 0 Å². The van der Waals surface area contributed by atoms with Crippen LogP contribution in [0.15, 0.2) is 66.7 Å². The fraction of sp³-hybridized carbons (Fsp3) is 0.240. The molecule has 3 aromatic carbocycles. The molecule has 0 spiro atoms. The van der Waals surface area contributed by atoms with Crippen LogP contribution in [-0.2, 0) is 9.47 Å². The zero-order valence-corrected chi connectivity index (χ0v) is 17.5. The summed E-state index contributed by atoms with van der Waals surface area (Å²) in [5.74, 6) is 0. The normalized spacial score (nSPS) is 22.7. The zero-order chi connectivity index (χ0) is 20.8. The Hall–Kier alpha value is -2.86. The first-order chi connectivity index (χ1) is 15.2. The molecular weight excluding hydrogens is 412 g/mol. The summed E-state index contributed by atoms with van der Waals surface area (Å²) in [7, 11) is 0. The van der Waals surface area contributed by atoms with Gasteiger partial charge in [0, 0.05) is 12.2 Å². The molecule has 0 radical (unpaired) electrons. The van der Waals surface area contributed by atoms with E-state index < -0.39 is 0 Å². The Bertz CT molecular complexity index is 1220. The molecular formula is C25H21ClN2O3. The summed E-state index contributed by atoms with van der Waals surface area (Å²) in [6, 6.07) is 23.1. The third kappa shape index (κ3) is 3.49. The first kappa shape index (κ1) is 18.9. The predicted octanol–water partition coefficient (Wildman–Crippen LogP) is 5.49. The van der Waals surface area contributed by atoms with Crippen molar-refractivity contribution in [2.24, 2.45) is 0 Å². The second kappa shape index (κ2) is 7.68. The van der Waals surface area contributed by atoms with Gasteiger partial charge in [0.15, 0.2) is 6.10 Å². The molecule has 0 saturated carbocycles. The van der Waals surface area contributed by atoms with Crippen molar-refractivity contribution in [3.05, 3.63) is 71.8 Å². The molecule has 1 aromatic heterocycles. The van der Waals surface area contributed by atoms with Crippen molar-refractivity contribution in [1.82, 2.24) is 9.97 Å². The highest BCUT2D eigenvalue weighted by atomic mass is 35.5. The molecule has 6 rings (SSSR count). The molecule has 0 aliphatic carbocycles. The van der Waals surface area contributed by atoms with Gasteiger partial charge in [-0.3, -0.25) is 0 Å². The van der Waals surface area contributed by atoms with Crippen LogP contribution in [0.1, 0.15) is 6.42 Å². The van der Waals surface area contributed by atoms with Crippen molar-refractivity contribution in [3.8, 4) is 28.3 Å². The minimum atomic E-state index is -0.145. The van der Waals surface area contributed by atoms with E-state index in [0.29, 0.717) is 17.6 Å². The fourth-order valence-electron chi connectivity index (χ4n) is 4.43. The fourth-order valence-corrected chi connectivity index (χ4v) is 4.70. The molecule has 5 nitrogen and oxygen atoms in total. The van der Waals surface area contributed by atoms with Gasteiger partial charge in [0.05, 0.1) is 28.8 Å². The molecule has 2 aliphatic heterocycles. The number of halogens is 1. The van der Waals surface area contributed by atoms with E-state index in [9.17, 15) is 0 Å². The Morgan fingerprint density at radius 2 is 1.71 bits per heavy atom. The number of nitrogens with one attached hydrogen (secondary N) is 1. The Morgan fingerprint density at radius 1 is 0.935 bits per heavy atom. The van der Waals surface area contributed by atoms with Gasteiger partial charge in [0.1, 0.15) is 6.10 Å². The molecule has 2 saturated heterocycles. The highest BCUT2D eigenvalue weighted by Crippen LogP contribution is 2.34. The molecule has 0 unspecified atom stereocenters. The molecule has 156 valence electrons. The third-order valence-corrected chi connectivity index (χ3v) is 6.35. The number of H-pyrrole nitrogens is 1. The van der Waals surface area contributed by atoms with Crippen molar-refractivity contribution in [3.63, 3.8) is 0 Å². The average Bonchev–Trinajstić information content (AvgIpc) is 3.51. The quantitative estimate of drug-likeness (QED) is 0.463. The molecule has 4 aromatic rings. The van der Waals surface area contributed by atoms with Crippen LogP contribution >= 0.6 is 11.6 Å². The van der Waals surface area contributed by atoms with Crippen LogP contribution in [0.4, 0.5) is 0 Å². The SMILES string of the molecule is Clc1cc2[nH]c(O[C@H]3CO[C@H]4CCO[C@H]43)nc2cc1-c1ccc(-c2ccccc2)cc1. The van der Waals surface area contributed by atoms with E-state index in [1.54, 1.807) is 0 Å². The maximum atomic E-state index is 6.62. The van der Waals surface area contributed by atoms with Gasteiger partial charge in [-0.1, -0.05) is 66.2 Å². The smallest absolute Gasteiger partial charge is 0.295 e. The van der Waals surface area contributed by atoms with Gasteiger partial charge in [-0.15, -0.1) is 0 Å². The maximum Gasteiger partial charge on any atom is 0.295 e. The largest absolute Gasteiger partial charge is 0.456 e. The maximum absolute atomic E-state index is 6.62. The van der Waals surface area contributed by atoms with Crippen LogP contribution in [0.25, 0.3) is 33.3 Å². The molecule has 3 atom stereocenters. The lowest BCUT2D eigenvalue weighted by Crippen LogP contribution is -2.32. The van der Waals surface area contributed by atoms with Crippen LogP contribution in [0.5, 0.6) is 6.01 Å². The van der Waals surface area contributed by atoms with E-state index in [0.717, 1.165) is 35.2 Å². The van der Waals surface area contributed by atoms with Gasteiger partial charge in [-0.05, 0) is 35.2 Å². The summed E-state index contributed by atoms with van der Waals surface area (Å²) in [6.07, 6.45) is 0.894. The van der Waals surface area contributed by atoms with Crippen molar-refractivity contribution in [2.45, 2.75) is 24.7 Å². The van der Waals surface area contributed by atoms with Gasteiger partial charge in [-0.2, -0.15) is 4.98 Å². The van der Waals surface area contributed by atoms with Crippen molar-refractivity contribution in [1.29, 1.82) is 0 Å². The molecule has 31 heavy (non-hydrogen) atoms. The monoisotopic (exact) mass is 432 g/mol. The van der Waals surface area contributed by atoms with E-state index in [2.05, 4.69) is 46.4 Å². The molecule has 2 aliphatic rings. The standard InChI is InChI=1S/C25H21ClN2O3/c26-19-13-21-20(27-25(28-21)31-23-14-30-22-10-11-29-24(22)23)12-18(19)17-8-6-16(7-9-17)15-4-2-1-3-5-15/h1-9,12-13,22-24H,10-11,14H2,(H,27,28)/t22-,23-,24+/m0/s1. The Labute approximate surface area is 184 Å². The number of aromatic amines is 1. The highest BCUT2D eigenvalue weighted by Gasteiger charge is 2.43. The first-order valence-corrected chi connectivity index (χ1v) is 10.9. The van der Waals surface area contributed by atoms with Gasteiger partial charge in [0.25, 0.3) is 6.01 Å². The number of ether oxygens (including phenoxy) is 3. The van der Waals surface area contributed by atoms with Crippen LogP contribution in [0.3, 0.4) is 0 Å². The predicted molar refractivity (Wildman–Crippen MR) is 120 cm³/mol. The summed E-state index contributed by atoms with van der Waals surface area (Å²) in [4.78, 5) is 7.86. The molecule has 2 fully saturated rings. The summed E-state index contributed by atoms with van der Waals surface area (Å²) >= 11 is 6.62. The van der Waals surface area contributed by atoms with E-state index in [1.807, 2.05) is 30.3 Å². The van der Waals surface area contributed by atoms with Gasteiger partial charge in [-0.25, -0.2) is 0 Å². The average molecular weight is 433 g/mol. The van der Waals surface area contributed by atoms with Crippen molar-refractivity contribution < 1.29 is 14.2 Å². The number of rotatable bonds is 4. The van der Waals surface area contributed by atoms with Crippen molar-refractivity contribution in [2.75, 3.05) is 13.2 Å². The molecule has 0 amide bonds. The van der Waals surface area contributed by atoms with Gasteiger partial charge < -0.3 is 19.2 Å². The number of hydrogen-bond acceptors (Lipinski definition) is 4. The topological polar surface area (TPSA) is 56.4 Å². The molecule has 6 heteroatoms. The van der Waals surface area contributed by atoms with Crippen molar-refractivity contribution >= 4 is 22.6 Å². The minimum absolute atomic E-state index is 0.0181. The lowest BCUT2D eigenvalue weighted by molar-refractivity contribution is 0.0273. The molecule has 1 N–H and O–H groups in total. The number of fused-ring (bicyclic) bond motifs is 2. The zero-order valence-electron chi connectivity index (χ0n) is 16.8. The second-order valence-electron chi connectivity index (χ2n) is 7.99. The van der Waals surface area contributed by atoms with E-state index in [1.165, 1.54) is 11.1 Å². The van der Waals surface area contributed by atoms with E-state index in [4.69, 9.17) is 25.8 Å². The van der Waals surface area contributed by atoms with Crippen LogP contribution < -0.4 is 4.74 Å².